The van der Waals surface area contributed by atoms with Crippen molar-refractivity contribution in [3.8, 4) is 0 Å². The molecule has 0 bridgehead atoms. The highest BCUT2D eigenvalue weighted by Crippen LogP contribution is 2.34. The van der Waals surface area contributed by atoms with Crippen molar-refractivity contribution < 1.29 is 15.0 Å². The molecule has 5 nitrogen and oxygen atoms in total. The zero-order valence-electron chi connectivity index (χ0n) is 16.5. The third-order valence-electron chi connectivity index (χ3n) is 5.67. The standard InChI is InChI=1S/C21H34N2O3/c1-5-21(12-9-13-21)22-15-18(24)17(14-16-10-7-6-8-11-16)23(19(25)26)20(2,3)4/h6-8,10-11,17-18,22,24H,5,9,12-15H2,1-4H3,(H,25,26)/t17-,18+/m0/s1. The van der Waals surface area contributed by atoms with Gasteiger partial charge in [0.15, 0.2) is 0 Å². The van der Waals surface area contributed by atoms with E-state index < -0.39 is 23.8 Å². The van der Waals surface area contributed by atoms with Crippen molar-refractivity contribution in [3.63, 3.8) is 0 Å². The second kappa shape index (κ2) is 8.40. The summed E-state index contributed by atoms with van der Waals surface area (Å²) in [7, 11) is 0. The summed E-state index contributed by atoms with van der Waals surface area (Å²) in [6.45, 7) is 8.19. The summed E-state index contributed by atoms with van der Waals surface area (Å²) < 4.78 is 0. The second-order valence-electron chi connectivity index (χ2n) is 8.52. The average Bonchev–Trinajstić information content (AvgIpc) is 2.52. The minimum Gasteiger partial charge on any atom is -0.465 e. The number of benzene rings is 1. The highest BCUT2D eigenvalue weighted by Gasteiger charge is 2.39. The normalized spacial score (nSPS) is 18.7. The third-order valence-corrected chi connectivity index (χ3v) is 5.67. The largest absolute Gasteiger partial charge is 0.465 e. The van der Waals surface area contributed by atoms with Gasteiger partial charge in [0, 0.05) is 17.6 Å². The molecule has 0 radical (unpaired) electrons. The lowest BCUT2D eigenvalue weighted by Gasteiger charge is -2.45. The number of hydrogen-bond donors (Lipinski definition) is 3. The summed E-state index contributed by atoms with van der Waals surface area (Å²) in [5.74, 6) is 0. The van der Waals surface area contributed by atoms with E-state index in [9.17, 15) is 15.0 Å². The monoisotopic (exact) mass is 362 g/mol. The Hall–Kier alpha value is -1.59. The Morgan fingerprint density at radius 2 is 1.88 bits per heavy atom. The number of amides is 1. The highest BCUT2D eigenvalue weighted by atomic mass is 16.4. The molecule has 1 aromatic carbocycles. The van der Waals surface area contributed by atoms with Crippen LogP contribution in [0.4, 0.5) is 4.79 Å². The first kappa shape index (κ1) is 20.7. The van der Waals surface area contributed by atoms with Crippen molar-refractivity contribution in [1.82, 2.24) is 10.2 Å². The van der Waals surface area contributed by atoms with E-state index in [2.05, 4.69) is 12.2 Å². The van der Waals surface area contributed by atoms with Crippen molar-refractivity contribution >= 4 is 6.09 Å². The van der Waals surface area contributed by atoms with E-state index in [-0.39, 0.29) is 5.54 Å². The lowest BCUT2D eigenvalue weighted by atomic mass is 9.74. The van der Waals surface area contributed by atoms with Crippen LogP contribution < -0.4 is 5.32 Å². The molecule has 1 aromatic rings. The van der Waals surface area contributed by atoms with Crippen LogP contribution in [0.3, 0.4) is 0 Å². The molecule has 2 atom stereocenters. The maximum atomic E-state index is 12.0. The lowest BCUT2D eigenvalue weighted by molar-refractivity contribution is 0.00174. The van der Waals surface area contributed by atoms with Crippen LogP contribution in [0.25, 0.3) is 0 Å². The van der Waals surface area contributed by atoms with Crippen molar-refractivity contribution in [2.24, 2.45) is 0 Å². The van der Waals surface area contributed by atoms with Gasteiger partial charge in [-0.15, -0.1) is 0 Å². The fraction of sp³-hybridized carbons (Fsp3) is 0.667. The van der Waals surface area contributed by atoms with Gasteiger partial charge in [-0.25, -0.2) is 4.79 Å². The van der Waals surface area contributed by atoms with Crippen LogP contribution in [0.15, 0.2) is 30.3 Å². The predicted molar refractivity (Wildman–Crippen MR) is 104 cm³/mol. The molecule has 3 N–H and O–H groups in total. The first-order valence-electron chi connectivity index (χ1n) is 9.68. The first-order valence-corrected chi connectivity index (χ1v) is 9.68. The molecule has 0 unspecified atom stereocenters. The molecule has 1 aliphatic rings. The maximum absolute atomic E-state index is 12.0. The minimum atomic E-state index is -0.994. The van der Waals surface area contributed by atoms with Crippen molar-refractivity contribution in [2.45, 2.75) is 83.0 Å². The Balaban J connectivity index is 2.19. The Morgan fingerprint density at radius 3 is 2.31 bits per heavy atom. The fourth-order valence-electron chi connectivity index (χ4n) is 3.90. The lowest BCUT2D eigenvalue weighted by Crippen LogP contribution is -2.60. The summed E-state index contributed by atoms with van der Waals surface area (Å²) in [5.41, 5.74) is 0.556. The molecule has 0 aliphatic heterocycles. The predicted octanol–water partition coefficient (Wildman–Crippen LogP) is 3.66. The van der Waals surface area contributed by atoms with E-state index in [1.54, 1.807) is 0 Å². The van der Waals surface area contributed by atoms with E-state index in [0.717, 1.165) is 24.8 Å². The smallest absolute Gasteiger partial charge is 0.408 e. The van der Waals surface area contributed by atoms with Gasteiger partial charge >= 0.3 is 6.09 Å². The van der Waals surface area contributed by atoms with Gasteiger partial charge in [0.1, 0.15) is 0 Å². The number of aliphatic hydroxyl groups excluding tert-OH is 1. The molecular formula is C21H34N2O3. The van der Waals surface area contributed by atoms with Gasteiger partial charge in [-0.05, 0) is 58.4 Å². The van der Waals surface area contributed by atoms with Crippen LogP contribution >= 0.6 is 0 Å². The quantitative estimate of drug-likeness (QED) is 0.660. The number of hydrogen-bond acceptors (Lipinski definition) is 3. The molecule has 5 heteroatoms. The number of β-amino-alcohol motifs (C(OH)–C–C–N with tert-alkyl or cyclic N) is 1. The summed E-state index contributed by atoms with van der Waals surface area (Å²) in [6, 6.07) is 9.29. The molecular weight excluding hydrogens is 328 g/mol. The fourth-order valence-corrected chi connectivity index (χ4v) is 3.90. The molecule has 1 aliphatic carbocycles. The van der Waals surface area contributed by atoms with Gasteiger partial charge in [0.25, 0.3) is 0 Å². The molecule has 26 heavy (non-hydrogen) atoms. The zero-order valence-corrected chi connectivity index (χ0v) is 16.5. The number of carbonyl (C=O) groups is 1. The van der Waals surface area contributed by atoms with Gasteiger partial charge in [-0.1, -0.05) is 37.3 Å². The van der Waals surface area contributed by atoms with E-state index >= 15 is 0 Å². The molecule has 1 saturated carbocycles. The molecule has 1 amide bonds. The second-order valence-corrected chi connectivity index (χ2v) is 8.52. The van der Waals surface area contributed by atoms with Crippen LogP contribution in [-0.2, 0) is 6.42 Å². The van der Waals surface area contributed by atoms with Gasteiger partial charge in [0.2, 0.25) is 0 Å². The number of rotatable bonds is 8. The van der Waals surface area contributed by atoms with Crippen molar-refractivity contribution in [1.29, 1.82) is 0 Å². The minimum absolute atomic E-state index is 0.119. The van der Waals surface area contributed by atoms with E-state index in [1.165, 1.54) is 11.3 Å². The zero-order chi connectivity index (χ0) is 19.4. The molecule has 0 aromatic heterocycles. The van der Waals surface area contributed by atoms with Crippen LogP contribution in [0.5, 0.6) is 0 Å². The average molecular weight is 363 g/mol. The first-order chi connectivity index (χ1) is 12.2. The molecule has 1 fully saturated rings. The van der Waals surface area contributed by atoms with Crippen LogP contribution in [0.2, 0.25) is 0 Å². The van der Waals surface area contributed by atoms with Crippen LogP contribution in [0.1, 0.15) is 58.9 Å². The summed E-state index contributed by atoms with van der Waals surface area (Å²) >= 11 is 0. The summed E-state index contributed by atoms with van der Waals surface area (Å²) in [5, 5.41) is 24.3. The van der Waals surface area contributed by atoms with Crippen LogP contribution in [-0.4, -0.2) is 51.0 Å². The third kappa shape index (κ3) is 4.98. The maximum Gasteiger partial charge on any atom is 0.408 e. The van der Waals surface area contributed by atoms with Crippen molar-refractivity contribution in [3.05, 3.63) is 35.9 Å². The summed E-state index contributed by atoms with van der Waals surface area (Å²) in [4.78, 5) is 13.4. The summed E-state index contributed by atoms with van der Waals surface area (Å²) in [6.07, 6.45) is 3.23. The number of carboxylic acid groups (broad SMARTS) is 1. The van der Waals surface area contributed by atoms with E-state index in [0.29, 0.717) is 13.0 Å². The Labute approximate surface area is 157 Å². The SMILES string of the molecule is CCC1(NC[C@@H](O)[C@H](Cc2ccccc2)N(C(=O)O)C(C)(C)C)CCC1. The highest BCUT2D eigenvalue weighted by molar-refractivity contribution is 5.66. The van der Waals surface area contributed by atoms with Crippen LogP contribution in [0, 0.1) is 0 Å². The van der Waals surface area contributed by atoms with Gasteiger partial charge in [-0.2, -0.15) is 0 Å². The number of aliphatic hydroxyl groups is 1. The molecule has 2 rings (SSSR count). The Bertz CT molecular complexity index is 573. The number of nitrogens with one attached hydrogen (secondary N) is 1. The topological polar surface area (TPSA) is 72.8 Å². The van der Waals surface area contributed by atoms with E-state index in [1.807, 2.05) is 51.1 Å². The Morgan fingerprint density at radius 1 is 1.27 bits per heavy atom. The molecule has 0 spiro atoms. The van der Waals surface area contributed by atoms with Gasteiger partial charge < -0.3 is 15.5 Å². The molecule has 146 valence electrons. The number of nitrogens with zero attached hydrogens (tertiary/aromatic N) is 1. The Kier molecular flexibility index (Phi) is 6.69. The van der Waals surface area contributed by atoms with E-state index in [4.69, 9.17) is 0 Å². The van der Waals surface area contributed by atoms with Gasteiger partial charge in [0.05, 0.1) is 12.1 Å². The molecule has 0 heterocycles. The van der Waals surface area contributed by atoms with Gasteiger partial charge in [-0.3, -0.25) is 4.90 Å². The van der Waals surface area contributed by atoms with Crippen molar-refractivity contribution in [2.75, 3.05) is 6.54 Å². The molecule has 0 saturated heterocycles.